The molecule has 0 aromatic heterocycles. The van der Waals surface area contributed by atoms with Gasteiger partial charge in [-0.15, -0.1) is 0 Å². The van der Waals surface area contributed by atoms with Crippen molar-refractivity contribution >= 4 is 6.09 Å². The Labute approximate surface area is 174 Å². The summed E-state index contributed by atoms with van der Waals surface area (Å²) in [4.78, 5) is 13.5. The average Bonchev–Trinajstić information content (AvgIpc) is 2.74. The predicted octanol–water partition coefficient (Wildman–Crippen LogP) is 4.48. The molecule has 0 spiro atoms. The van der Waals surface area contributed by atoms with E-state index in [0.717, 1.165) is 22.6 Å². The number of alkyl carbamates (subject to hydrolysis) is 1. The Balaban J connectivity index is 0.00000132. The lowest BCUT2D eigenvalue weighted by molar-refractivity contribution is 0.167. The Morgan fingerprint density at radius 3 is 1.72 bits per heavy atom. The van der Waals surface area contributed by atoms with Crippen LogP contribution < -0.4 is 14.8 Å². The molecule has 0 aliphatic carbocycles. The van der Waals surface area contributed by atoms with Gasteiger partial charge >= 0.3 is 6.09 Å². The van der Waals surface area contributed by atoms with Gasteiger partial charge in [-0.2, -0.15) is 0 Å². The van der Waals surface area contributed by atoms with E-state index in [1.165, 1.54) is 13.5 Å². The van der Waals surface area contributed by atoms with Crippen molar-refractivity contribution in [3.63, 3.8) is 0 Å². The fourth-order valence-electron chi connectivity index (χ4n) is 2.75. The van der Waals surface area contributed by atoms with Gasteiger partial charge in [0.25, 0.3) is 0 Å². The molecule has 0 aliphatic heterocycles. The van der Waals surface area contributed by atoms with Crippen LogP contribution in [0.2, 0.25) is 0 Å². The summed E-state index contributed by atoms with van der Waals surface area (Å²) in [7, 11) is 4.70. The van der Waals surface area contributed by atoms with Crippen molar-refractivity contribution in [1.82, 2.24) is 10.2 Å². The van der Waals surface area contributed by atoms with Crippen LogP contribution >= 0.6 is 0 Å². The molecule has 0 aliphatic rings. The molecule has 29 heavy (non-hydrogen) atoms. The van der Waals surface area contributed by atoms with Gasteiger partial charge in [-0.1, -0.05) is 56.7 Å². The first-order valence-electron chi connectivity index (χ1n) is 9.87. The molecule has 0 radical (unpaired) electrons. The molecule has 2 aromatic carbocycles. The van der Waals surface area contributed by atoms with E-state index >= 15 is 0 Å². The fraction of sp³-hybridized carbons (Fsp3) is 0.435. The highest BCUT2D eigenvalue weighted by molar-refractivity contribution is 5.66. The molecular formula is C23H34N2O4. The van der Waals surface area contributed by atoms with Gasteiger partial charge in [-0.3, -0.25) is 4.90 Å². The molecule has 0 unspecified atom stereocenters. The molecule has 2 aromatic rings. The van der Waals surface area contributed by atoms with Crippen LogP contribution in [0.25, 0.3) is 0 Å². The van der Waals surface area contributed by atoms with Crippen LogP contribution in [-0.2, 0) is 17.8 Å². The molecule has 1 N–H and O–H groups in total. The highest BCUT2D eigenvalue weighted by atomic mass is 16.5. The highest BCUT2D eigenvalue weighted by Gasteiger charge is 2.13. The third-order valence-corrected chi connectivity index (χ3v) is 4.06. The lowest BCUT2D eigenvalue weighted by atomic mass is 10.1. The van der Waals surface area contributed by atoms with Gasteiger partial charge in [-0.25, -0.2) is 4.79 Å². The molecule has 0 saturated carbocycles. The zero-order valence-electron chi connectivity index (χ0n) is 18.2. The lowest BCUT2D eigenvalue weighted by Gasteiger charge is -2.24. The van der Waals surface area contributed by atoms with E-state index in [0.29, 0.717) is 26.2 Å². The van der Waals surface area contributed by atoms with Gasteiger partial charge < -0.3 is 19.5 Å². The molecule has 0 bridgehead atoms. The zero-order chi connectivity index (χ0) is 21.5. The Bertz CT molecular complexity index is 672. The topological polar surface area (TPSA) is 60.0 Å². The summed E-state index contributed by atoms with van der Waals surface area (Å²) in [5, 5.41) is 2.73. The van der Waals surface area contributed by atoms with Crippen LogP contribution in [0.5, 0.6) is 11.5 Å². The van der Waals surface area contributed by atoms with Crippen molar-refractivity contribution in [3.05, 3.63) is 59.7 Å². The number of carbonyl (C=O) groups excluding carboxylic acids is 1. The summed E-state index contributed by atoms with van der Waals surface area (Å²) in [5.41, 5.74) is 2.17. The third kappa shape index (κ3) is 8.87. The van der Waals surface area contributed by atoms with E-state index < -0.39 is 6.09 Å². The summed E-state index contributed by atoms with van der Waals surface area (Å²) >= 11 is 0. The zero-order valence-corrected chi connectivity index (χ0v) is 18.2. The number of ether oxygens (including phenoxy) is 3. The second-order valence-electron chi connectivity index (χ2n) is 6.46. The van der Waals surface area contributed by atoms with Crippen LogP contribution in [-0.4, -0.2) is 45.4 Å². The van der Waals surface area contributed by atoms with Crippen molar-refractivity contribution in [3.8, 4) is 11.5 Å². The van der Waals surface area contributed by atoms with E-state index in [-0.39, 0.29) is 0 Å². The van der Waals surface area contributed by atoms with E-state index in [1.54, 1.807) is 14.2 Å². The van der Waals surface area contributed by atoms with Crippen LogP contribution in [0, 0.1) is 0 Å². The number of rotatable bonds is 9. The first-order chi connectivity index (χ1) is 14.1. The molecule has 6 nitrogen and oxygen atoms in total. The number of hydrogen-bond acceptors (Lipinski definition) is 5. The molecule has 1 amide bonds. The average molecular weight is 403 g/mol. The molecule has 6 heteroatoms. The molecular weight excluding hydrogens is 368 g/mol. The number of benzene rings is 2. The van der Waals surface area contributed by atoms with E-state index in [4.69, 9.17) is 9.47 Å². The van der Waals surface area contributed by atoms with Crippen molar-refractivity contribution in [1.29, 1.82) is 0 Å². The normalized spacial score (nSPS) is 10.0. The van der Waals surface area contributed by atoms with Crippen molar-refractivity contribution in [2.45, 2.75) is 33.4 Å². The molecule has 0 heterocycles. The number of methoxy groups -OCH3 is 3. The third-order valence-electron chi connectivity index (χ3n) is 4.06. The maximum atomic E-state index is 11.3. The fourth-order valence-corrected chi connectivity index (χ4v) is 2.75. The monoisotopic (exact) mass is 402 g/mol. The van der Waals surface area contributed by atoms with Gasteiger partial charge in [0.2, 0.25) is 0 Å². The first kappa shape index (κ1) is 24.3. The SMILES string of the molecule is CCC.COC(=O)NCCN(Cc1ccccc1OC)Cc1ccccc1OC. The molecule has 0 atom stereocenters. The second-order valence-corrected chi connectivity index (χ2v) is 6.46. The van der Waals surface area contributed by atoms with Gasteiger partial charge in [0.05, 0.1) is 21.3 Å². The van der Waals surface area contributed by atoms with Crippen molar-refractivity contribution in [2.75, 3.05) is 34.4 Å². The van der Waals surface area contributed by atoms with Gasteiger partial charge in [0.15, 0.2) is 0 Å². The standard InChI is InChI=1S/C20H26N2O4.C3H8/c1-24-18-10-6-4-8-16(18)14-22(13-12-21-20(23)26-3)15-17-9-5-7-11-19(17)25-2;1-3-2/h4-11H,12-15H2,1-3H3,(H,21,23);3H2,1-2H3. The maximum absolute atomic E-state index is 11.3. The Kier molecular flexibility index (Phi) is 12.0. The summed E-state index contributed by atoms with van der Waals surface area (Å²) in [6, 6.07) is 15.9. The Morgan fingerprint density at radius 2 is 1.31 bits per heavy atom. The molecule has 0 saturated heterocycles. The maximum Gasteiger partial charge on any atom is 0.406 e. The van der Waals surface area contributed by atoms with Crippen LogP contribution in [0.3, 0.4) is 0 Å². The lowest BCUT2D eigenvalue weighted by Crippen LogP contribution is -2.34. The van der Waals surface area contributed by atoms with Crippen LogP contribution in [0.4, 0.5) is 4.79 Å². The minimum Gasteiger partial charge on any atom is -0.496 e. The summed E-state index contributed by atoms with van der Waals surface area (Å²) in [5.74, 6) is 1.69. The number of nitrogens with zero attached hydrogens (tertiary/aromatic N) is 1. The minimum atomic E-state index is -0.431. The number of amides is 1. The van der Waals surface area contributed by atoms with Gasteiger partial charge in [0.1, 0.15) is 11.5 Å². The van der Waals surface area contributed by atoms with E-state index in [2.05, 4.69) is 28.8 Å². The summed E-state index contributed by atoms with van der Waals surface area (Å²) < 4.78 is 15.6. The first-order valence-corrected chi connectivity index (χ1v) is 9.87. The van der Waals surface area contributed by atoms with E-state index in [1.807, 2.05) is 48.5 Å². The molecule has 160 valence electrons. The smallest absolute Gasteiger partial charge is 0.406 e. The van der Waals surface area contributed by atoms with E-state index in [9.17, 15) is 4.79 Å². The number of hydrogen-bond donors (Lipinski definition) is 1. The molecule has 0 fully saturated rings. The van der Waals surface area contributed by atoms with Crippen LogP contribution in [0.1, 0.15) is 31.4 Å². The van der Waals surface area contributed by atoms with Gasteiger partial charge in [-0.05, 0) is 12.1 Å². The quantitative estimate of drug-likeness (QED) is 0.670. The Hall–Kier alpha value is -2.73. The largest absolute Gasteiger partial charge is 0.496 e. The number of para-hydroxylation sites is 2. The van der Waals surface area contributed by atoms with Crippen LogP contribution in [0.15, 0.2) is 48.5 Å². The van der Waals surface area contributed by atoms with Crippen molar-refractivity contribution in [2.24, 2.45) is 0 Å². The Morgan fingerprint density at radius 1 is 0.862 bits per heavy atom. The highest BCUT2D eigenvalue weighted by Crippen LogP contribution is 2.23. The number of nitrogens with one attached hydrogen (secondary N) is 1. The minimum absolute atomic E-state index is 0.431. The number of carbonyl (C=O) groups is 1. The summed E-state index contributed by atoms with van der Waals surface area (Å²) in [6.07, 6.45) is 0.819. The van der Waals surface area contributed by atoms with Gasteiger partial charge in [0, 0.05) is 37.3 Å². The predicted molar refractivity (Wildman–Crippen MR) is 116 cm³/mol. The van der Waals surface area contributed by atoms with Crippen molar-refractivity contribution < 1.29 is 19.0 Å². The second kappa shape index (κ2) is 14.3. The summed E-state index contributed by atoms with van der Waals surface area (Å²) in [6.45, 7) is 6.76. The molecule has 2 rings (SSSR count).